The first-order valence-corrected chi connectivity index (χ1v) is 5.14. The molecule has 0 atom stereocenters. The van der Waals surface area contributed by atoms with Gasteiger partial charge in [-0.25, -0.2) is 13.8 Å². The molecule has 0 spiro atoms. The van der Waals surface area contributed by atoms with Crippen LogP contribution >= 0.6 is 11.6 Å². The highest BCUT2D eigenvalue weighted by molar-refractivity contribution is 6.29. The quantitative estimate of drug-likeness (QED) is 0.893. The van der Waals surface area contributed by atoms with Crippen LogP contribution in [0.4, 0.5) is 20.3 Å². The lowest BCUT2D eigenvalue weighted by molar-refractivity contribution is 0.595. The monoisotopic (exact) mass is 255 g/mol. The minimum atomic E-state index is -0.564. The fourth-order valence-electron chi connectivity index (χ4n) is 1.28. The zero-order valence-corrected chi connectivity index (χ0v) is 9.59. The highest BCUT2D eigenvalue weighted by Gasteiger charge is 2.08. The predicted octanol–water partition coefficient (Wildman–Crippen LogP) is 3.46. The summed E-state index contributed by atoms with van der Waals surface area (Å²) in [6.07, 6.45) is 2.71. The first-order valence-electron chi connectivity index (χ1n) is 4.76. The lowest BCUT2D eigenvalue weighted by Gasteiger charge is -2.07. The number of nitrogens with zero attached hydrogens (tertiary/aromatic N) is 2. The molecule has 0 fully saturated rings. The second-order valence-corrected chi connectivity index (χ2v) is 3.82. The van der Waals surface area contributed by atoms with Crippen molar-refractivity contribution < 1.29 is 8.78 Å². The number of nitrogens with one attached hydrogen (secondary N) is 1. The molecule has 0 amide bonds. The van der Waals surface area contributed by atoms with E-state index >= 15 is 0 Å². The molecule has 0 radical (unpaired) electrons. The first kappa shape index (κ1) is 11.7. The van der Waals surface area contributed by atoms with Crippen LogP contribution in [0.3, 0.4) is 0 Å². The van der Waals surface area contributed by atoms with Gasteiger partial charge in [-0.1, -0.05) is 11.6 Å². The second kappa shape index (κ2) is 4.63. The molecule has 0 bridgehead atoms. The summed E-state index contributed by atoms with van der Waals surface area (Å²) in [4.78, 5) is 7.64. The average molecular weight is 256 g/mol. The van der Waals surface area contributed by atoms with Crippen LogP contribution in [-0.4, -0.2) is 9.97 Å². The van der Waals surface area contributed by atoms with Crippen LogP contribution in [0.5, 0.6) is 0 Å². The van der Waals surface area contributed by atoms with E-state index in [4.69, 9.17) is 11.6 Å². The molecule has 88 valence electrons. The van der Waals surface area contributed by atoms with E-state index in [0.29, 0.717) is 0 Å². The van der Waals surface area contributed by atoms with Crippen molar-refractivity contribution in [3.05, 3.63) is 46.9 Å². The largest absolute Gasteiger partial charge is 0.336 e. The van der Waals surface area contributed by atoms with Gasteiger partial charge in [-0.3, -0.25) is 4.98 Å². The lowest BCUT2D eigenvalue weighted by Crippen LogP contribution is -1.99. The van der Waals surface area contributed by atoms with Gasteiger partial charge in [-0.15, -0.1) is 0 Å². The van der Waals surface area contributed by atoms with E-state index in [1.54, 1.807) is 0 Å². The van der Waals surface area contributed by atoms with Gasteiger partial charge < -0.3 is 5.32 Å². The van der Waals surface area contributed by atoms with Crippen molar-refractivity contribution in [1.82, 2.24) is 9.97 Å². The van der Waals surface area contributed by atoms with E-state index in [9.17, 15) is 8.78 Å². The molecule has 0 unspecified atom stereocenters. The number of hydrogen-bond donors (Lipinski definition) is 1. The molecule has 0 aliphatic rings. The van der Waals surface area contributed by atoms with Crippen molar-refractivity contribution in [1.29, 1.82) is 0 Å². The molecule has 1 N–H and O–H groups in total. The molecule has 6 heteroatoms. The fraction of sp³-hybridized carbons (Fsp3) is 0.0909. The van der Waals surface area contributed by atoms with Gasteiger partial charge in [0.15, 0.2) is 5.82 Å². The van der Waals surface area contributed by atoms with E-state index in [-0.39, 0.29) is 22.2 Å². The Bertz CT molecular complexity index is 560. The minimum Gasteiger partial charge on any atom is -0.336 e. The summed E-state index contributed by atoms with van der Waals surface area (Å²) in [6.45, 7) is 1.49. The van der Waals surface area contributed by atoms with Crippen LogP contribution in [-0.2, 0) is 0 Å². The van der Waals surface area contributed by atoms with Crippen LogP contribution in [0.25, 0.3) is 0 Å². The third-order valence-corrected chi connectivity index (χ3v) is 2.30. The van der Waals surface area contributed by atoms with Crippen LogP contribution in [0.15, 0.2) is 24.5 Å². The topological polar surface area (TPSA) is 37.8 Å². The molecule has 2 aromatic rings. The van der Waals surface area contributed by atoms with Crippen LogP contribution in [0.1, 0.15) is 5.56 Å². The second-order valence-electron chi connectivity index (χ2n) is 3.43. The van der Waals surface area contributed by atoms with Gasteiger partial charge in [-0.2, -0.15) is 0 Å². The van der Waals surface area contributed by atoms with Gasteiger partial charge in [-0.05, 0) is 18.6 Å². The van der Waals surface area contributed by atoms with Crippen LogP contribution in [0, 0.1) is 18.6 Å². The first-order chi connectivity index (χ1) is 8.06. The van der Waals surface area contributed by atoms with Crippen molar-refractivity contribution in [3.63, 3.8) is 0 Å². The number of aryl methyl sites for hydroxylation is 1. The van der Waals surface area contributed by atoms with Gasteiger partial charge in [0, 0.05) is 6.07 Å². The molecule has 3 nitrogen and oxygen atoms in total. The zero-order chi connectivity index (χ0) is 12.4. The molecule has 1 aromatic heterocycles. The smallest absolute Gasteiger partial charge is 0.150 e. The van der Waals surface area contributed by atoms with Crippen molar-refractivity contribution in [2.75, 3.05) is 5.32 Å². The normalized spacial score (nSPS) is 10.4. The summed E-state index contributed by atoms with van der Waals surface area (Å²) in [5, 5.41) is 2.78. The Morgan fingerprint density at radius 1 is 1.18 bits per heavy atom. The van der Waals surface area contributed by atoms with Crippen molar-refractivity contribution in [2.24, 2.45) is 0 Å². The molecular weight excluding hydrogens is 248 g/mol. The maximum atomic E-state index is 13.5. The van der Waals surface area contributed by atoms with Gasteiger partial charge >= 0.3 is 0 Å². The zero-order valence-electron chi connectivity index (χ0n) is 8.84. The summed E-state index contributed by atoms with van der Waals surface area (Å²) >= 11 is 5.63. The summed E-state index contributed by atoms with van der Waals surface area (Å²) in [5.74, 6) is -0.811. The molecule has 2 rings (SSSR count). The molecule has 1 heterocycles. The molecule has 17 heavy (non-hydrogen) atoms. The standard InChI is InChI=1S/C11H8ClF2N3/c1-6-2-8(14)9(3-7(6)13)16-11-5-15-4-10(12)17-11/h2-5H,1H3,(H,16,17). The lowest BCUT2D eigenvalue weighted by atomic mass is 10.2. The molecule has 0 aliphatic heterocycles. The number of hydrogen-bond acceptors (Lipinski definition) is 3. The van der Waals surface area contributed by atoms with E-state index in [1.165, 1.54) is 19.3 Å². The highest BCUT2D eigenvalue weighted by atomic mass is 35.5. The van der Waals surface area contributed by atoms with Gasteiger partial charge in [0.2, 0.25) is 0 Å². The Hall–Kier alpha value is -1.75. The average Bonchev–Trinajstić information content (AvgIpc) is 2.26. The van der Waals surface area contributed by atoms with Gasteiger partial charge in [0.1, 0.15) is 16.8 Å². The van der Waals surface area contributed by atoms with E-state index in [1.807, 2.05) is 0 Å². The molecule has 0 saturated heterocycles. The van der Waals surface area contributed by atoms with Crippen LogP contribution < -0.4 is 5.32 Å². The third-order valence-electron chi connectivity index (χ3n) is 2.12. The Labute approximate surface area is 101 Å². The van der Waals surface area contributed by atoms with Crippen molar-refractivity contribution >= 4 is 23.1 Å². The number of anilines is 2. The highest BCUT2D eigenvalue weighted by Crippen LogP contribution is 2.22. The SMILES string of the molecule is Cc1cc(F)c(Nc2cncc(Cl)n2)cc1F. The Morgan fingerprint density at radius 2 is 1.94 bits per heavy atom. The minimum absolute atomic E-state index is 0.00957. The van der Waals surface area contributed by atoms with Gasteiger partial charge in [0.25, 0.3) is 0 Å². The maximum absolute atomic E-state index is 13.5. The number of aromatic nitrogens is 2. The summed E-state index contributed by atoms with van der Waals surface area (Å²) in [7, 11) is 0. The molecule has 0 saturated carbocycles. The van der Waals surface area contributed by atoms with Crippen LogP contribution in [0.2, 0.25) is 5.15 Å². The molecule has 0 aliphatic carbocycles. The van der Waals surface area contributed by atoms with E-state index in [2.05, 4.69) is 15.3 Å². The Kier molecular flexibility index (Phi) is 3.19. The Morgan fingerprint density at radius 3 is 2.65 bits per heavy atom. The summed E-state index contributed by atoms with van der Waals surface area (Å²) in [6, 6.07) is 2.17. The van der Waals surface area contributed by atoms with Gasteiger partial charge in [0.05, 0.1) is 18.1 Å². The Balaban J connectivity index is 2.33. The van der Waals surface area contributed by atoms with E-state index in [0.717, 1.165) is 12.1 Å². The molecular formula is C11H8ClF2N3. The maximum Gasteiger partial charge on any atom is 0.150 e. The van der Waals surface area contributed by atoms with E-state index < -0.39 is 11.6 Å². The number of benzene rings is 1. The number of halogens is 3. The van der Waals surface area contributed by atoms with Crippen molar-refractivity contribution in [2.45, 2.75) is 6.92 Å². The van der Waals surface area contributed by atoms with Crippen molar-refractivity contribution in [3.8, 4) is 0 Å². The molecule has 1 aromatic carbocycles. The fourth-order valence-corrected chi connectivity index (χ4v) is 1.43. The predicted molar refractivity (Wildman–Crippen MR) is 61.4 cm³/mol. The summed E-state index contributed by atoms with van der Waals surface area (Å²) < 4.78 is 26.8. The third kappa shape index (κ3) is 2.68. The number of rotatable bonds is 2. The summed E-state index contributed by atoms with van der Waals surface area (Å²) in [5.41, 5.74) is 0.231.